The van der Waals surface area contributed by atoms with Gasteiger partial charge < -0.3 is 13.9 Å². The maximum Gasteiger partial charge on any atom is 0.330 e. The summed E-state index contributed by atoms with van der Waals surface area (Å²) in [7, 11) is -2.03. The fourth-order valence-electron chi connectivity index (χ4n) is 2.51. The molecular weight excluding hydrogens is 472 g/mol. The second-order valence-corrected chi connectivity index (χ2v) is 14.1. The van der Waals surface area contributed by atoms with E-state index in [2.05, 4.69) is 54.8 Å². The van der Waals surface area contributed by atoms with Crippen LogP contribution in [0.15, 0.2) is 44.1 Å². The number of hydrogen-bond acceptors (Lipinski definition) is 6. The normalized spacial score (nSPS) is 19.9. The molecule has 0 aromatic carbocycles. The van der Waals surface area contributed by atoms with Crippen molar-refractivity contribution in [3.63, 3.8) is 0 Å². The topological polar surface area (TPSA) is 99.6 Å². The maximum absolute atomic E-state index is 12.3. The van der Waals surface area contributed by atoms with Gasteiger partial charge in [-0.25, -0.2) is 9.59 Å². The predicted molar refractivity (Wildman–Crippen MR) is 120 cm³/mol. The second kappa shape index (κ2) is 9.59. The molecule has 2 atom stereocenters. The van der Waals surface area contributed by atoms with E-state index in [4.69, 9.17) is 13.9 Å². The van der Waals surface area contributed by atoms with Crippen LogP contribution in [0.5, 0.6) is 0 Å². The zero-order chi connectivity index (χ0) is 22.7. The predicted octanol–water partition coefficient (Wildman–Crippen LogP) is 3.26. The monoisotopic (exact) mass is 500 g/mol. The number of esters is 1. The lowest BCUT2D eigenvalue weighted by Crippen LogP contribution is -2.43. The minimum absolute atomic E-state index is 0.0242. The molecule has 0 amide bonds. The summed E-state index contributed by atoms with van der Waals surface area (Å²) in [6.45, 7) is 13.0. The Bertz CT molecular complexity index is 957. The van der Waals surface area contributed by atoms with Crippen LogP contribution in [0, 0.1) is 0 Å². The van der Waals surface area contributed by atoms with Crippen molar-refractivity contribution in [3.8, 4) is 0 Å². The first-order valence-electron chi connectivity index (χ1n) is 9.72. The SMILES string of the molecule is CCOC(=O)/C=C/C1=C[C@H](n2cc(Br)c(=O)[nH]c2=O)O[C@@H]1CO[Si](C)(C)C(C)(C)C. The van der Waals surface area contributed by atoms with Crippen molar-refractivity contribution in [1.82, 2.24) is 9.55 Å². The van der Waals surface area contributed by atoms with Crippen molar-refractivity contribution < 1.29 is 18.7 Å². The summed E-state index contributed by atoms with van der Waals surface area (Å²) >= 11 is 3.13. The lowest BCUT2D eigenvalue weighted by Gasteiger charge is -2.37. The van der Waals surface area contributed by atoms with Crippen molar-refractivity contribution in [2.75, 3.05) is 13.2 Å². The third-order valence-corrected chi connectivity index (χ3v) is 10.4. The average Bonchev–Trinajstić information content (AvgIpc) is 3.03. The number of carbonyl (C=O) groups is 1. The van der Waals surface area contributed by atoms with Gasteiger partial charge in [-0.15, -0.1) is 0 Å². The first-order valence-corrected chi connectivity index (χ1v) is 13.4. The molecule has 0 radical (unpaired) electrons. The van der Waals surface area contributed by atoms with Crippen LogP contribution >= 0.6 is 15.9 Å². The molecule has 1 aromatic rings. The molecular formula is C20H29BrN2O6Si. The van der Waals surface area contributed by atoms with Gasteiger partial charge >= 0.3 is 11.7 Å². The van der Waals surface area contributed by atoms with Gasteiger partial charge in [-0.2, -0.15) is 0 Å². The van der Waals surface area contributed by atoms with Crippen LogP contribution in [0.3, 0.4) is 0 Å². The zero-order valence-electron chi connectivity index (χ0n) is 18.2. The van der Waals surface area contributed by atoms with E-state index in [9.17, 15) is 14.4 Å². The molecule has 1 N–H and O–H groups in total. The van der Waals surface area contributed by atoms with E-state index in [1.807, 2.05) is 0 Å². The van der Waals surface area contributed by atoms with Crippen LogP contribution in [0.4, 0.5) is 0 Å². The van der Waals surface area contributed by atoms with Gasteiger partial charge in [-0.3, -0.25) is 14.3 Å². The third kappa shape index (κ3) is 5.90. The number of aromatic nitrogens is 2. The van der Waals surface area contributed by atoms with Gasteiger partial charge in [0.15, 0.2) is 14.5 Å². The average molecular weight is 501 g/mol. The maximum atomic E-state index is 12.3. The molecule has 166 valence electrons. The van der Waals surface area contributed by atoms with E-state index in [0.29, 0.717) is 5.57 Å². The standard InChI is InChI=1S/C20H29BrN2O6Si/c1-7-27-17(24)9-8-13-10-16(23-11-14(21)18(25)22-19(23)26)29-15(13)12-28-30(5,6)20(2,3)4/h8-11,15-16H,7,12H2,1-6H3,(H,22,25,26)/b9-8+/t15-,16-/m1/s1. The smallest absolute Gasteiger partial charge is 0.330 e. The molecule has 0 bridgehead atoms. The first kappa shape index (κ1) is 24.5. The summed E-state index contributed by atoms with van der Waals surface area (Å²) in [5.41, 5.74) is -0.413. The molecule has 1 aliphatic heterocycles. The molecule has 10 heteroatoms. The van der Waals surface area contributed by atoms with E-state index in [0.717, 1.165) is 0 Å². The number of nitrogens with one attached hydrogen (secondary N) is 1. The van der Waals surface area contributed by atoms with E-state index in [-0.39, 0.29) is 22.7 Å². The van der Waals surface area contributed by atoms with Gasteiger partial charge in [0.05, 0.1) is 17.7 Å². The van der Waals surface area contributed by atoms with Crippen LogP contribution in [0.25, 0.3) is 0 Å². The minimum atomic E-state index is -2.03. The van der Waals surface area contributed by atoms with Crippen LogP contribution in [-0.2, 0) is 18.7 Å². The molecule has 0 saturated carbocycles. The number of nitrogens with zero attached hydrogens (tertiary/aromatic N) is 1. The Kier molecular flexibility index (Phi) is 7.83. The van der Waals surface area contributed by atoms with Gasteiger partial charge in [0, 0.05) is 12.3 Å². The van der Waals surface area contributed by atoms with Gasteiger partial charge in [-0.1, -0.05) is 20.8 Å². The molecule has 0 unspecified atom stereocenters. The molecule has 0 aliphatic carbocycles. The van der Waals surface area contributed by atoms with E-state index in [1.54, 1.807) is 19.1 Å². The first-order chi connectivity index (χ1) is 13.9. The van der Waals surface area contributed by atoms with Crippen LogP contribution in [-0.4, -0.2) is 43.2 Å². The highest BCUT2D eigenvalue weighted by Crippen LogP contribution is 2.37. The lowest BCUT2D eigenvalue weighted by atomic mass is 10.1. The largest absolute Gasteiger partial charge is 0.463 e. The summed E-state index contributed by atoms with van der Waals surface area (Å²) in [5, 5.41) is 0.0242. The van der Waals surface area contributed by atoms with E-state index < -0.39 is 37.9 Å². The van der Waals surface area contributed by atoms with E-state index in [1.165, 1.54) is 16.8 Å². The van der Waals surface area contributed by atoms with Crippen LogP contribution < -0.4 is 11.2 Å². The van der Waals surface area contributed by atoms with Crippen molar-refractivity contribution in [3.05, 3.63) is 55.3 Å². The summed E-state index contributed by atoms with van der Waals surface area (Å²) < 4.78 is 18.8. The number of carbonyl (C=O) groups excluding carboxylic acids is 1. The number of aromatic amines is 1. The quantitative estimate of drug-likeness (QED) is 0.350. The number of H-pyrrole nitrogens is 1. The molecule has 8 nitrogen and oxygen atoms in total. The highest BCUT2D eigenvalue weighted by molar-refractivity contribution is 9.10. The van der Waals surface area contributed by atoms with Crippen molar-refractivity contribution in [2.45, 2.75) is 58.2 Å². The number of ether oxygens (including phenoxy) is 2. The Hall–Kier alpha value is -1.75. The van der Waals surface area contributed by atoms with Gasteiger partial charge in [0.25, 0.3) is 5.56 Å². The Morgan fingerprint density at radius 1 is 1.37 bits per heavy atom. The van der Waals surface area contributed by atoms with Gasteiger partial charge in [-0.05, 0) is 58.7 Å². The molecule has 2 heterocycles. The number of halogens is 1. The summed E-state index contributed by atoms with van der Waals surface area (Å²) in [5.74, 6) is -0.463. The highest BCUT2D eigenvalue weighted by Gasteiger charge is 2.39. The Morgan fingerprint density at radius 2 is 2.03 bits per heavy atom. The minimum Gasteiger partial charge on any atom is -0.463 e. The number of rotatable bonds is 7. The Balaban J connectivity index is 2.31. The number of hydrogen-bond donors (Lipinski definition) is 1. The fraction of sp³-hybridized carbons (Fsp3) is 0.550. The highest BCUT2D eigenvalue weighted by atomic mass is 79.9. The third-order valence-electron chi connectivity index (χ3n) is 5.31. The fourth-order valence-corrected chi connectivity index (χ4v) is 3.83. The summed E-state index contributed by atoms with van der Waals surface area (Å²) in [6, 6.07) is 0. The van der Waals surface area contributed by atoms with Crippen molar-refractivity contribution >= 4 is 30.2 Å². The van der Waals surface area contributed by atoms with Crippen molar-refractivity contribution in [1.29, 1.82) is 0 Å². The van der Waals surface area contributed by atoms with E-state index >= 15 is 0 Å². The second-order valence-electron chi connectivity index (χ2n) is 8.48. The molecule has 0 fully saturated rings. The molecule has 2 rings (SSSR count). The van der Waals surface area contributed by atoms with Crippen molar-refractivity contribution in [2.24, 2.45) is 0 Å². The summed E-state index contributed by atoms with van der Waals surface area (Å²) in [6.07, 6.45) is 4.82. The van der Waals surface area contributed by atoms with Gasteiger partial charge in [0.2, 0.25) is 0 Å². The molecule has 1 aromatic heterocycles. The molecule has 0 spiro atoms. The molecule has 0 saturated heterocycles. The lowest BCUT2D eigenvalue weighted by molar-refractivity contribution is -0.137. The van der Waals surface area contributed by atoms with Gasteiger partial charge in [0.1, 0.15) is 6.10 Å². The zero-order valence-corrected chi connectivity index (χ0v) is 20.7. The summed E-state index contributed by atoms with van der Waals surface area (Å²) in [4.78, 5) is 37.9. The molecule has 30 heavy (non-hydrogen) atoms. The Labute approximate surface area is 185 Å². The van der Waals surface area contributed by atoms with Crippen LogP contribution in [0.1, 0.15) is 33.9 Å². The van der Waals surface area contributed by atoms with Crippen LogP contribution in [0.2, 0.25) is 18.1 Å². The molecule has 1 aliphatic rings. The Morgan fingerprint density at radius 3 is 2.63 bits per heavy atom.